The van der Waals surface area contributed by atoms with Crippen molar-refractivity contribution < 1.29 is 13.2 Å². The molecule has 1 aliphatic rings. The predicted molar refractivity (Wildman–Crippen MR) is 119 cm³/mol. The normalized spacial score (nSPS) is 15.2. The van der Waals surface area contributed by atoms with Crippen molar-refractivity contribution in [3.05, 3.63) is 53.1 Å². The van der Waals surface area contributed by atoms with Crippen LogP contribution in [0.1, 0.15) is 25.3 Å². The minimum atomic E-state index is -3.69. The van der Waals surface area contributed by atoms with Crippen LogP contribution in [0.25, 0.3) is 0 Å². The van der Waals surface area contributed by atoms with E-state index in [9.17, 15) is 13.2 Å². The molecule has 2 aromatic carbocycles. The summed E-state index contributed by atoms with van der Waals surface area (Å²) < 4.78 is 25.9. The second-order valence-electron chi connectivity index (χ2n) is 7.40. The van der Waals surface area contributed by atoms with Crippen molar-refractivity contribution in [1.82, 2.24) is 0 Å². The largest absolute Gasteiger partial charge is 0.372 e. The fraction of sp³-hybridized carbons (Fsp3) is 0.381. The fourth-order valence-electron chi connectivity index (χ4n) is 3.51. The van der Waals surface area contributed by atoms with Gasteiger partial charge in [-0.1, -0.05) is 17.7 Å². The number of benzene rings is 2. The number of nitrogens with one attached hydrogen (secondary N) is 1. The van der Waals surface area contributed by atoms with Crippen molar-refractivity contribution in [1.29, 1.82) is 0 Å². The van der Waals surface area contributed by atoms with Gasteiger partial charge < -0.3 is 10.2 Å². The lowest BCUT2D eigenvalue weighted by Gasteiger charge is -2.28. The third-order valence-corrected chi connectivity index (χ3v) is 6.75. The SMILES string of the molecule is Cc1ccc(N([C@H](C)C(=O)Nc2ccc(N3CCCC3)cc2)S(C)(=O)=O)cc1Cl. The molecule has 1 saturated heterocycles. The first-order valence-corrected chi connectivity index (χ1v) is 11.8. The first-order chi connectivity index (χ1) is 13.7. The predicted octanol–water partition coefficient (Wildman–Crippen LogP) is 4.04. The van der Waals surface area contributed by atoms with Crippen LogP contribution < -0.4 is 14.5 Å². The molecule has 3 rings (SSSR count). The van der Waals surface area contributed by atoms with E-state index in [1.54, 1.807) is 25.1 Å². The summed E-state index contributed by atoms with van der Waals surface area (Å²) in [6, 6.07) is 11.6. The second kappa shape index (κ2) is 8.63. The van der Waals surface area contributed by atoms with Gasteiger partial charge in [-0.15, -0.1) is 0 Å². The third kappa shape index (κ3) is 5.03. The lowest BCUT2D eigenvalue weighted by atomic mass is 10.2. The number of halogens is 1. The number of carbonyl (C=O) groups excluding carboxylic acids is 1. The third-order valence-electron chi connectivity index (χ3n) is 5.10. The Morgan fingerprint density at radius 1 is 1.14 bits per heavy atom. The molecule has 0 aliphatic carbocycles. The summed E-state index contributed by atoms with van der Waals surface area (Å²) in [5, 5.41) is 3.26. The quantitative estimate of drug-likeness (QED) is 0.743. The molecule has 8 heteroatoms. The highest BCUT2D eigenvalue weighted by Gasteiger charge is 2.29. The van der Waals surface area contributed by atoms with E-state index in [1.165, 1.54) is 12.8 Å². The molecule has 1 amide bonds. The molecule has 1 heterocycles. The maximum atomic E-state index is 12.8. The Kier molecular flexibility index (Phi) is 6.39. The Morgan fingerprint density at radius 2 is 1.76 bits per heavy atom. The Labute approximate surface area is 177 Å². The molecular weight excluding hydrogens is 410 g/mol. The van der Waals surface area contributed by atoms with Crippen LogP contribution in [0.3, 0.4) is 0 Å². The van der Waals surface area contributed by atoms with Crippen molar-refractivity contribution >= 4 is 44.6 Å². The highest BCUT2D eigenvalue weighted by molar-refractivity contribution is 7.92. The molecule has 6 nitrogen and oxygen atoms in total. The monoisotopic (exact) mass is 435 g/mol. The van der Waals surface area contributed by atoms with Crippen LogP contribution in [0.2, 0.25) is 5.02 Å². The maximum Gasteiger partial charge on any atom is 0.247 e. The van der Waals surface area contributed by atoms with E-state index in [0.717, 1.165) is 34.9 Å². The van der Waals surface area contributed by atoms with Gasteiger partial charge in [0.25, 0.3) is 0 Å². The van der Waals surface area contributed by atoms with Crippen LogP contribution in [0.15, 0.2) is 42.5 Å². The van der Waals surface area contributed by atoms with Gasteiger partial charge in [-0.25, -0.2) is 8.42 Å². The minimum absolute atomic E-state index is 0.357. The highest BCUT2D eigenvalue weighted by Crippen LogP contribution is 2.27. The molecule has 156 valence electrons. The van der Waals surface area contributed by atoms with Gasteiger partial charge in [-0.05, 0) is 68.7 Å². The molecule has 0 unspecified atom stereocenters. The number of anilines is 3. The first-order valence-electron chi connectivity index (χ1n) is 9.58. The number of amides is 1. The fourth-order valence-corrected chi connectivity index (χ4v) is 4.85. The van der Waals surface area contributed by atoms with Gasteiger partial charge in [0, 0.05) is 29.5 Å². The zero-order chi connectivity index (χ0) is 21.2. The molecule has 0 bridgehead atoms. The van der Waals surface area contributed by atoms with Gasteiger partial charge in [-0.3, -0.25) is 9.10 Å². The van der Waals surface area contributed by atoms with Gasteiger partial charge in [0.1, 0.15) is 6.04 Å². The van der Waals surface area contributed by atoms with Crippen molar-refractivity contribution in [2.75, 3.05) is 33.9 Å². The second-order valence-corrected chi connectivity index (χ2v) is 9.67. The summed E-state index contributed by atoms with van der Waals surface area (Å²) in [6.07, 6.45) is 3.47. The number of hydrogen-bond acceptors (Lipinski definition) is 4. The van der Waals surface area contributed by atoms with Crippen molar-refractivity contribution in [3.8, 4) is 0 Å². The molecule has 2 aromatic rings. The molecule has 1 fully saturated rings. The summed E-state index contributed by atoms with van der Waals surface area (Å²) in [6.45, 7) is 5.48. The van der Waals surface area contributed by atoms with E-state index in [0.29, 0.717) is 16.4 Å². The zero-order valence-electron chi connectivity index (χ0n) is 16.9. The zero-order valence-corrected chi connectivity index (χ0v) is 18.4. The van der Waals surface area contributed by atoms with Gasteiger partial charge in [0.2, 0.25) is 15.9 Å². The molecule has 0 saturated carbocycles. The molecule has 1 aliphatic heterocycles. The van der Waals surface area contributed by atoms with Gasteiger partial charge in [0.05, 0.1) is 11.9 Å². The van der Waals surface area contributed by atoms with E-state index in [4.69, 9.17) is 11.6 Å². The Balaban J connectivity index is 1.77. The average Bonchev–Trinajstić information content (AvgIpc) is 3.19. The number of hydrogen-bond donors (Lipinski definition) is 1. The van der Waals surface area contributed by atoms with Gasteiger partial charge in [-0.2, -0.15) is 0 Å². The summed E-state index contributed by atoms with van der Waals surface area (Å²) in [4.78, 5) is 15.1. The van der Waals surface area contributed by atoms with Crippen LogP contribution >= 0.6 is 11.6 Å². The topological polar surface area (TPSA) is 69.7 Å². The Hall–Kier alpha value is -2.25. The first kappa shape index (κ1) is 21.5. The minimum Gasteiger partial charge on any atom is -0.372 e. The Morgan fingerprint density at radius 3 is 2.31 bits per heavy atom. The molecule has 1 atom stereocenters. The van der Waals surface area contributed by atoms with Crippen LogP contribution in [0.4, 0.5) is 17.1 Å². The van der Waals surface area contributed by atoms with Gasteiger partial charge >= 0.3 is 0 Å². The lowest BCUT2D eigenvalue weighted by Crippen LogP contribution is -2.45. The number of sulfonamides is 1. The van der Waals surface area contributed by atoms with Crippen molar-refractivity contribution in [2.45, 2.75) is 32.7 Å². The van der Waals surface area contributed by atoms with E-state index < -0.39 is 22.0 Å². The molecule has 1 N–H and O–H groups in total. The summed E-state index contributed by atoms with van der Waals surface area (Å²) in [5.74, 6) is -0.416. The summed E-state index contributed by atoms with van der Waals surface area (Å²) in [7, 11) is -3.69. The number of rotatable bonds is 6. The summed E-state index contributed by atoms with van der Waals surface area (Å²) in [5.41, 5.74) is 2.94. The average molecular weight is 436 g/mol. The van der Waals surface area contributed by atoms with Crippen LogP contribution in [-0.2, 0) is 14.8 Å². The Bertz CT molecular complexity index is 987. The standard InChI is InChI=1S/C21H26ClN3O3S/c1-15-6-9-19(14-20(15)22)25(29(3,27)28)16(2)21(26)23-17-7-10-18(11-8-17)24-12-4-5-13-24/h6-11,14,16H,4-5,12-13H2,1-3H3,(H,23,26)/t16-/m1/s1. The molecular formula is C21H26ClN3O3S. The van der Waals surface area contributed by atoms with E-state index >= 15 is 0 Å². The smallest absolute Gasteiger partial charge is 0.247 e. The maximum absolute atomic E-state index is 12.8. The molecule has 0 spiro atoms. The number of carbonyl (C=O) groups is 1. The molecule has 29 heavy (non-hydrogen) atoms. The number of aryl methyl sites for hydroxylation is 1. The van der Waals surface area contributed by atoms with Crippen LogP contribution in [0.5, 0.6) is 0 Å². The highest BCUT2D eigenvalue weighted by atomic mass is 35.5. The van der Waals surface area contributed by atoms with Crippen molar-refractivity contribution in [3.63, 3.8) is 0 Å². The molecule has 0 radical (unpaired) electrons. The van der Waals surface area contributed by atoms with Crippen molar-refractivity contribution in [2.24, 2.45) is 0 Å². The van der Waals surface area contributed by atoms with Gasteiger partial charge in [0.15, 0.2) is 0 Å². The van der Waals surface area contributed by atoms with E-state index in [2.05, 4.69) is 10.2 Å². The number of nitrogens with zero attached hydrogens (tertiary/aromatic N) is 2. The van der Waals surface area contributed by atoms with E-state index in [-0.39, 0.29) is 0 Å². The summed E-state index contributed by atoms with van der Waals surface area (Å²) >= 11 is 6.16. The van der Waals surface area contributed by atoms with Crippen LogP contribution in [-0.4, -0.2) is 39.7 Å². The van der Waals surface area contributed by atoms with E-state index in [1.807, 2.05) is 31.2 Å². The van der Waals surface area contributed by atoms with Crippen LogP contribution in [0, 0.1) is 6.92 Å². The molecule has 0 aromatic heterocycles. The lowest BCUT2D eigenvalue weighted by molar-refractivity contribution is -0.116.